The van der Waals surface area contributed by atoms with Gasteiger partial charge in [0, 0.05) is 18.3 Å². The minimum absolute atomic E-state index is 0.116. The van der Waals surface area contributed by atoms with Gasteiger partial charge in [0.05, 0.1) is 0 Å². The van der Waals surface area contributed by atoms with E-state index in [1.54, 1.807) is 0 Å². The van der Waals surface area contributed by atoms with Crippen molar-refractivity contribution in [2.75, 3.05) is 0 Å². The molecular formula is C10H14O. The summed E-state index contributed by atoms with van der Waals surface area (Å²) in [5.41, 5.74) is 1.08. The highest BCUT2D eigenvalue weighted by Crippen LogP contribution is 2.23. The summed E-state index contributed by atoms with van der Waals surface area (Å²) in [7, 11) is 0. The van der Waals surface area contributed by atoms with Crippen molar-refractivity contribution in [1.29, 1.82) is 0 Å². The molecule has 0 bridgehead atoms. The molecule has 0 aromatic rings. The predicted octanol–water partition coefficient (Wildman–Crippen LogP) is 2.34. The van der Waals surface area contributed by atoms with Crippen LogP contribution in [0, 0.1) is 11.8 Å². The molecule has 0 amide bonds. The number of carbonyl (C=O) groups excluding carboxylic acids is 1. The molecule has 0 saturated carbocycles. The Kier molecular flexibility index (Phi) is 2.28. The van der Waals surface area contributed by atoms with Gasteiger partial charge >= 0.3 is 0 Å². The summed E-state index contributed by atoms with van der Waals surface area (Å²) >= 11 is 0. The lowest BCUT2D eigenvalue weighted by atomic mass is 9.85. The highest BCUT2D eigenvalue weighted by molar-refractivity contribution is 5.84. The van der Waals surface area contributed by atoms with Gasteiger partial charge in [0.1, 0.15) is 5.78 Å². The summed E-state index contributed by atoms with van der Waals surface area (Å²) in [6.45, 7) is 7.74. The monoisotopic (exact) mass is 150 g/mol. The molecule has 0 saturated heterocycles. The molecule has 0 aromatic heterocycles. The molecule has 60 valence electrons. The largest absolute Gasteiger partial charge is 0.299 e. The number of allylic oxidation sites excluding steroid dienone is 3. The standard InChI is InChI=1S/C10H14O/c1-7(2)9-5-4-8(3)10(11)6-9/h4-5,8-9H,1,6H2,2-3H3. The van der Waals surface area contributed by atoms with Crippen molar-refractivity contribution in [2.45, 2.75) is 20.3 Å². The quantitative estimate of drug-likeness (QED) is 0.524. The van der Waals surface area contributed by atoms with Crippen molar-refractivity contribution in [3.05, 3.63) is 24.3 Å². The van der Waals surface area contributed by atoms with E-state index >= 15 is 0 Å². The number of Topliss-reactive ketones (excluding diaryl/α,β-unsaturated/α-hetero) is 1. The van der Waals surface area contributed by atoms with E-state index < -0.39 is 0 Å². The molecule has 0 heterocycles. The van der Waals surface area contributed by atoms with Gasteiger partial charge in [-0.2, -0.15) is 0 Å². The number of hydrogen-bond donors (Lipinski definition) is 0. The van der Waals surface area contributed by atoms with E-state index in [9.17, 15) is 4.79 Å². The summed E-state index contributed by atoms with van der Waals surface area (Å²) in [6.07, 6.45) is 4.71. The van der Waals surface area contributed by atoms with Gasteiger partial charge in [-0.25, -0.2) is 0 Å². The van der Waals surface area contributed by atoms with Crippen LogP contribution in [0.5, 0.6) is 0 Å². The zero-order valence-electron chi connectivity index (χ0n) is 7.13. The number of carbonyl (C=O) groups is 1. The van der Waals surface area contributed by atoms with E-state index in [-0.39, 0.29) is 5.92 Å². The molecule has 11 heavy (non-hydrogen) atoms. The van der Waals surface area contributed by atoms with E-state index in [0.717, 1.165) is 5.57 Å². The van der Waals surface area contributed by atoms with Crippen LogP contribution in [-0.2, 0) is 4.79 Å². The van der Waals surface area contributed by atoms with E-state index in [0.29, 0.717) is 18.1 Å². The molecule has 0 aliphatic heterocycles. The first-order chi connectivity index (χ1) is 5.11. The SMILES string of the molecule is C=C(C)C1C=CC(C)C(=O)C1. The van der Waals surface area contributed by atoms with Gasteiger partial charge in [0.25, 0.3) is 0 Å². The van der Waals surface area contributed by atoms with Crippen LogP contribution >= 0.6 is 0 Å². The van der Waals surface area contributed by atoms with E-state index in [2.05, 4.69) is 12.7 Å². The summed E-state index contributed by atoms with van der Waals surface area (Å²) in [6, 6.07) is 0. The molecular weight excluding hydrogens is 136 g/mol. The lowest BCUT2D eigenvalue weighted by Crippen LogP contribution is -2.18. The highest BCUT2D eigenvalue weighted by atomic mass is 16.1. The van der Waals surface area contributed by atoms with Gasteiger partial charge in [-0.3, -0.25) is 4.79 Å². The third kappa shape index (κ3) is 1.79. The van der Waals surface area contributed by atoms with Crippen LogP contribution in [0.25, 0.3) is 0 Å². The van der Waals surface area contributed by atoms with Gasteiger partial charge in [0.15, 0.2) is 0 Å². The maximum Gasteiger partial charge on any atom is 0.140 e. The summed E-state index contributed by atoms with van der Waals surface area (Å²) in [5.74, 6) is 0.741. The fourth-order valence-electron chi connectivity index (χ4n) is 1.22. The summed E-state index contributed by atoms with van der Waals surface area (Å²) < 4.78 is 0. The highest BCUT2D eigenvalue weighted by Gasteiger charge is 2.20. The molecule has 2 atom stereocenters. The van der Waals surface area contributed by atoms with Gasteiger partial charge in [0.2, 0.25) is 0 Å². The van der Waals surface area contributed by atoms with Crippen molar-refractivity contribution >= 4 is 5.78 Å². The van der Waals surface area contributed by atoms with Crippen LogP contribution in [0.3, 0.4) is 0 Å². The van der Waals surface area contributed by atoms with Crippen molar-refractivity contribution in [3.63, 3.8) is 0 Å². The number of rotatable bonds is 1. The Morgan fingerprint density at radius 3 is 2.73 bits per heavy atom. The molecule has 1 aliphatic rings. The first-order valence-corrected chi connectivity index (χ1v) is 3.97. The van der Waals surface area contributed by atoms with Crippen molar-refractivity contribution in [1.82, 2.24) is 0 Å². The molecule has 0 aromatic carbocycles. The molecule has 0 radical (unpaired) electrons. The minimum Gasteiger partial charge on any atom is -0.299 e. The van der Waals surface area contributed by atoms with Crippen LogP contribution in [0.15, 0.2) is 24.3 Å². The second-order valence-electron chi connectivity index (χ2n) is 3.30. The van der Waals surface area contributed by atoms with Crippen molar-refractivity contribution < 1.29 is 4.79 Å². The fourth-order valence-corrected chi connectivity index (χ4v) is 1.22. The van der Waals surface area contributed by atoms with Crippen LogP contribution < -0.4 is 0 Å². The summed E-state index contributed by atoms with van der Waals surface area (Å²) in [4.78, 5) is 11.2. The van der Waals surface area contributed by atoms with Gasteiger partial charge < -0.3 is 0 Å². The average molecular weight is 150 g/mol. The van der Waals surface area contributed by atoms with E-state index in [4.69, 9.17) is 0 Å². The third-order valence-electron chi connectivity index (χ3n) is 2.19. The molecule has 2 unspecified atom stereocenters. The Balaban J connectivity index is 2.71. The number of hydrogen-bond acceptors (Lipinski definition) is 1. The minimum atomic E-state index is 0.116. The maximum absolute atomic E-state index is 11.2. The van der Waals surface area contributed by atoms with Gasteiger partial charge in [-0.15, -0.1) is 0 Å². The van der Waals surface area contributed by atoms with Crippen molar-refractivity contribution in [3.8, 4) is 0 Å². The van der Waals surface area contributed by atoms with Crippen LogP contribution in [-0.4, -0.2) is 5.78 Å². The molecule has 1 aliphatic carbocycles. The third-order valence-corrected chi connectivity index (χ3v) is 2.19. The Hall–Kier alpha value is -0.850. The van der Waals surface area contributed by atoms with Crippen molar-refractivity contribution in [2.24, 2.45) is 11.8 Å². The van der Waals surface area contributed by atoms with Crippen LogP contribution in [0.2, 0.25) is 0 Å². The van der Waals surface area contributed by atoms with Gasteiger partial charge in [-0.1, -0.05) is 31.2 Å². The fraction of sp³-hybridized carbons (Fsp3) is 0.500. The predicted molar refractivity (Wildman–Crippen MR) is 46.2 cm³/mol. The normalized spacial score (nSPS) is 30.5. The maximum atomic E-state index is 11.2. The first kappa shape index (κ1) is 8.25. The first-order valence-electron chi connectivity index (χ1n) is 3.97. The lowest BCUT2D eigenvalue weighted by Gasteiger charge is -2.18. The molecule has 0 N–H and O–H groups in total. The molecule has 0 spiro atoms. The molecule has 1 nitrogen and oxygen atoms in total. The molecule has 1 rings (SSSR count). The van der Waals surface area contributed by atoms with Crippen LogP contribution in [0.4, 0.5) is 0 Å². The average Bonchev–Trinajstić information content (AvgIpc) is 1.94. The van der Waals surface area contributed by atoms with Gasteiger partial charge in [-0.05, 0) is 6.92 Å². The Bertz CT molecular complexity index is 213. The van der Waals surface area contributed by atoms with E-state index in [1.165, 1.54) is 0 Å². The lowest BCUT2D eigenvalue weighted by molar-refractivity contribution is -0.121. The Morgan fingerprint density at radius 1 is 1.64 bits per heavy atom. The molecule has 1 heteroatoms. The Labute approximate surface area is 67.8 Å². The van der Waals surface area contributed by atoms with E-state index in [1.807, 2.05) is 19.9 Å². The molecule has 0 fully saturated rings. The second kappa shape index (κ2) is 3.04. The van der Waals surface area contributed by atoms with Crippen LogP contribution in [0.1, 0.15) is 20.3 Å². The number of ketones is 1. The smallest absolute Gasteiger partial charge is 0.140 e. The second-order valence-corrected chi connectivity index (χ2v) is 3.30. The Morgan fingerprint density at radius 2 is 2.27 bits per heavy atom. The summed E-state index contributed by atoms with van der Waals surface area (Å²) in [5, 5.41) is 0. The topological polar surface area (TPSA) is 17.1 Å². The zero-order chi connectivity index (χ0) is 8.43. The zero-order valence-corrected chi connectivity index (χ0v) is 7.13.